The fourth-order valence-corrected chi connectivity index (χ4v) is 3.15. The fourth-order valence-electron chi connectivity index (χ4n) is 2.82. The van der Waals surface area contributed by atoms with Crippen molar-refractivity contribution in [2.75, 3.05) is 0 Å². The Bertz CT molecular complexity index is 936. The summed E-state index contributed by atoms with van der Waals surface area (Å²) < 4.78 is 1.87. The Morgan fingerprint density at radius 2 is 1.81 bits per heavy atom. The van der Waals surface area contributed by atoms with Crippen LogP contribution in [0.1, 0.15) is 22.5 Å². The van der Waals surface area contributed by atoms with Crippen LogP contribution in [-0.2, 0) is 17.8 Å². The van der Waals surface area contributed by atoms with E-state index in [9.17, 15) is 4.79 Å². The lowest BCUT2D eigenvalue weighted by atomic mass is 10.1. The fraction of sp³-hybridized carbons (Fsp3) is 0.200. The van der Waals surface area contributed by atoms with Gasteiger partial charge in [0.1, 0.15) is 0 Å². The van der Waals surface area contributed by atoms with Crippen molar-refractivity contribution in [2.45, 2.75) is 26.8 Å². The van der Waals surface area contributed by atoms with Gasteiger partial charge in [0.15, 0.2) is 0 Å². The van der Waals surface area contributed by atoms with E-state index in [1.54, 1.807) is 12.1 Å². The maximum atomic E-state index is 12.4. The van der Waals surface area contributed by atoms with Crippen LogP contribution in [0.25, 0.3) is 5.69 Å². The first-order chi connectivity index (χ1) is 12.5. The van der Waals surface area contributed by atoms with Crippen molar-refractivity contribution < 1.29 is 4.79 Å². The third-order valence-corrected chi connectivity index (χ3v) is 4.99. The molecule has 1 aromatic heterocycles. The number of halogens is 2. The summed E-state index contributed by atoms with van der Waals surface area (Å²) in [6, 6.07) is 15.2. The molecule has 4 nitrogen and oxygen atoms in total. The molecule has 26 heavy (non-hydrogen) atoms. The second-order valence-electron chi connectivity index (χ2n) is 6.10. The van der Waals surface area contributed by atoms with Gasteiger partial charge in [-0.3, -0.25) is 4.79 Å². The number of benzene rings is 2. The molecule has 2 aromatic carbocycles. The summed E-state index contributed by atoms with van der Waals surface area (Å²) in [5.74, 6) is -0.0603. The van der Waals surface area contributed by atoms with Crippen LogP contribution in [-0.4, -0.2) is 15.7 Å². The number of amides is 1. The molecule has 0 aliphatic heterocycles. The van der Waals surface area contributed by atoms with Gasteiger partial charge in [-0.2, -0.15) is 5.10 Å². The van der Waals surface area contributed by atoms with E-state index in [2.05, 4.69) is 10.4 Å². The van der Waals surface area contributed by atoms with Crippen molar-refractivity contribution >= 4 is 29.1 Å². The number of carbonyl (C=O) groups excluding carboxylic acids is 1. The van der Waals surface area contributed by atoms with Gasteiger partial charge in [0.2, 0.25) is 5.91 Å². The van der Waals surface area contributed by atoms with Crippen LogP contribution in [0.3, 0.4) is 0 Å². The number of aromatic nitrogens is 2. The molecule has 0 aliphatic rings. The highest BCUT2D eigenvalue weighted by Gasteiger charge is 2.15. The van der Waals surface area contributed by atoms with E-state index in [-0.39, 0.29) is 12.3 Å². The highest BCUT2D eigenvalue weighted by molar-refractivity contribution is 6.42. The third-order valence-electron chi connectivity index (χ3n) is 4.25. The Morgan fingerprint density at radius 3 is 2.50 bits per heavy atom. The second-order valence-corrected chi connectivity index (χ2v) is 6.91. The van der Waals surface area contributed by atoms with E-state index in [0.717, 1.165) is 28.2 Å². The van der Waals surface area contributed by atoms with Gasteiger partial charge in [-0.05, 0) is 43.7 Å². The molecule has 0 spiro atoms. The van der Waals surface area contributed by atoms with Gasteiger partial charge in [-0.25, -0.2) is 4.68 Å². The standard InChI is InChI=1S/C20H19Cl2N3O/c1-13-17(14(2)25(24-13)16-6-4-3-5-7-16)11-20(26)23-12-15-8-9-18(21)19(22)10-15/h3-10H,11-12H2,1-2H3,(H,23,26). The molecule has 1 amide bonds. The minimum Gasteiger partial charge on any atom is -0.352 e. The smallest absolute Gasteiger partial charge is 0.224 e. The molecule has 3 aromatic rings. The zero-order valence-corrected chi connectivity index (χ0v) is 16.1. The van der Waals surface area contributed by atoms with Crippen LogP contribution in [0, 0.1) is 13.8 Å². The number of aryl methyl sites for hydroxylation is 1. The number of nitrogens with zero attached hydrogens (tertiary/aromatic N) is 2. The van der Waals surface area contributed by atoms with Crippen molar-refractivity contribution in [1.29, 1.82) is 0 Å². The Kier molecular flexibility index (Phi) is 5.64. The first-order valence-corrected chi connectivity index (χ1v) is 9.02. The SMILES string of the molecule is Cc1nn(-c2ccccc2)c(C)c1CC(=O)NCc1ccc(Cl)c(Cl)c1. The summed E-state index contributed by atoms with van der Waals surface area (Å²) in [6.07, 6.45) is 0.284. The molecule has 134 valence electrons. The Labute approximate surface area is 162 Å². The van der Waals surface area contributed by atoms with Gasteiger partial charge in [0.05, 0.1) is 27.8 Å². The molecule has 6 heteroatoms. The molecule has 0 saturated heterocycles. The summed E-state index contributed by atoms with van der Waals surface area (Å²) in [6.45, 7) is 4.31. The van der Waals surface area contributed by atoms with E-state index in [4.69, 9.17) is 23.2 Å². The summed E-state index contributed by atoms with van der Waals surface area (Å²) in [4.78, 5) is 12.4. The molecule has 0 saturated carbocycles. The summed E-state index contributed by atoms with van der Waals surface area (Å²) in [7, 11) is 0. The molecular weight excluding hydrogens is 369 g/mol. The van der Waals surface area contributed by atoms with Crippen molar-refractivity contribution in [2.24, 2.45) is 0 Å². The molecule has 0 unspecified atom stereocenters. The van der Waals surface area contributed by atoms with E-state index in [1.807, 2.05) is 54.9 Å². The van der Waals surface area contributed by atoms with Crippen LogP contribution in [0.4, 0.5) is 0 Å². The zero-order valence-electron chi connectivity index (χ0n) is 14.6. The highest BCUT2D eigenvalue weighted by Crippen LogP contribution is 2.22. The van der Waals surface area contributed by atoms with Gasteiger partial charge in [0.25, 0.3) is 0 Å². The maximum absolute atomic E-state index is 12.4. The lowest BCUT2D eigenvalue weighted by molar-refractivity contribution is -0.120. The predicted molar refractivity (Wildman–Crippen MR) is 105 cm³/mol. The Morgan fingerprint density at radius 1 is 1.08 bits per heavy atom. The van der Waals surface area contributed by atoms with Gasteiger partial charge in [-0.1, -0.05) is 47.5 Å². The monoisotopic (exact) mass is 387 g/mol. The predicted octanol–water partition coefficient (Wildman–Crippen LogP) is 4.65. The van der Waals surface area contributed by atoms with Crippen molar-refractivity contribution in [3.8, 4) is 5.69 Å². The van der Waals surface area contributed by atoms with Crippen LogP contribution >= 0.6 is 23.2 Å². The van der Waals surface area contributed by atoms with Crippen molar-refractivity contribution in [1.82, 2.24) is 15.1 Å². The molecule has 1 heterocycles. The van der Waals surface area contributed by atoms with Gasteiger partial charge < -0.3 is 5.32 Å². The molecule has 0 fully saturated rings. The minimum atomic E-state index is -0.0603. The number of para-hydroxylation sites is 1. The molecule has 0 atom stereocenters. The summed E-state index contributed by atoms with van der Waals surface area (Å²) in [5, 5.41) is 8.48. The lowest BCUT2D eigenvalue weighted by Gasteiger charge is -2.08. The van der Waals surface area contributed by atoms with E-state index in [0.29, 0.717) is 16.6 Å². The maximum Gasteiger partial charge on any atom is 0.224 e. The summed E-state index contributed by atoms with van der Waals surface area (Å²) >= 11 is 11.9. The average molecular weight is 388 g/mol. The zero-order chi connectivity index (χ0) is 18.7. The van der Waals surface area contributed by atoms with Gasteiger partial charge in [0, 0.05) is 17.8 Å². The lowest BCUT2D eigenvalue weighted by Crippen LogP contribution is -2.25. The molecular formula is C20H19Cl2N3O. The highest BCUT2D eigenvalue weighted by atomic mass is 35.5. The van der Waals surface area contributed by atoms with Crippen molar-refractivity contribution in [3.63, 3.8) is 0 Å². The first-order valence-electron chi connectivity index (χ1n) is 8.27. The summed E-state index contributed by atoms with van der Waals surface area (Å²) in [5.41, 5.74) is 4.66. The average Bonchev–Trinajstić information content (AvgIpc) is 2.91. The van der Waals surface area contributed by atoms with Crippen LogP contribution in [0.5, 0.6) is 0 Å². The molecule has 1 N–H and O–H groups in total. The van der Waals surface area contributed by atoms with Gasteiger partial charge >= 0.3 is 0 Å². The molecule has 0 aliphatic carbocycles. The number of hydrogen-bond donors (Lipinski definition) is 1. The molecule has 0 radical (unpaired) electrons. The van der Waals surface area contributed by atoms with E-state index >= 15 is 0 Å². The van der Waals surface area contributed by atoms with E-state index in [1.165, 1.54) is 0 Å². The van der Waals surface area contributed by atoms with Crippen LogP contribution < -0.4 is 5.32 Å². The number of rotatable bonds is 5. The second kappa shape index (κ2) is 7.94. The third kappa shape index (κ3) is 4.09. The normalized spacial score (nSPS) is 10.8. The van der Waals surface area contributed by atoms with Crippen molar-refractivity contribution in [3.05, 3.63) is 81.1 Å². The quantitative estimate of drug-likeness (QED) is 0.691. The number of carbonyl (C=O) groups is 1. The molecule has 3 rings (SSSR count). The largest absolute Gasteiger partial charge is 0.352 e. The minimum absolute atomic E-state index is 0.0603. The van der Waals surface area contributed by atoms with Crippen LogP contribution in [0.15, 0.2) is 48.5 Å². The molecule has 0 bridgehead atoms. The Balaban J connectivity index is 1.69. The first kappa shape index (κ1) is 18.5. The van der Waals surface area contributed by atoms with Crippen LogP contribution in [0.2, 0.25) is 10.0 Å². The topological polar surface area (TPSA) is 46.9 Å². The van der Waals surface area contributed by atoms with E-state index < -0.39 is 0 Å². The Hall–Kier alpha value is -2.30. The number of nitrogens with one attached hydrogen (secondary N) is 1. The van der Waals surface area contributed by atoms with Gasteiger partial charge in [-0.15, -0.1) is 0 Å². The number of hydrogen-bond acceptors (Lipinski definition) is 2.